The molecule has 0 aromatic rings. The lowest BCUT2D eigenvalue weighted by Gasteiger charge is -2.13. The Hall–Kier alpha value is -1.17. The lowest BCUT2D eigenvalue weighted by atomic mass is 10.5. The first-order valence-corrected chi connectivity index (χ1v) is 5.03. The molecule has 0 rings (SSSR count). The van der Waals surface area contributed by atoms with Crippen LogP contribution in [0.2, 0.25) is 0 Å². The van der Waals surface area contributed by atoms with Crippen molar-refractivity contribution in [3.05, 3.63) is 0 Å². The molecule has 0 bridgehead atoms. The highest BCUT2D eigenvalue weighted by Gasteiger charge is 2.15. The predicted molar refractivity (Wildman–Crippen MR) is 62.0 cm³/mol. The summed E-state index contributed by atoms with van der Waals surface area (Å²) in [6.07, 6.45) is 0. The molecule has 0 aliphatic rings. The Labute approximate surface area is 95.1 Å². The summed E-state index contributed by atoms with van der Waals surface area (Å²) in [5.74, 6) is -0.375. The van der Waals surface area contributed by atoms with Gasteiger partial charge in [0.15, 0.2) is 0 Å². The summed E-state index contributed by atoms with van der Waals surface area (Å²) in [7, 11) is 3.37. The van der Waals surface area contributed by atoms with E-state index in [1.54, 1.807) is 27.9 Å². The van der Waals surface area contributed by atoms with Crippen molar-refractivity contribution in [2.75, 3.05) is 27.3 Å². The van der Waals surface area contributed by atoms with E-state index in [9.17, 15) is 4.79 Å². The van der Waals surface area contributed by atoms with Crippen LogP contribution in [0, 0.1) is 0 Å². The third kappa shape index (κ3) is 5.31. The molecule has 0 radical (unpaired) electrons. The highest BCUT2D eigenvalue weighted by molar-refractivity contribution is 7.80. The van der Waals surface area contributed by atoms with Gasteiger partial charge in [0.05, 0.1) is 13.2 Å². The van der Waals surface area contributed by atoms with Crippen molar-refractivity contribution in [2.45, 2.75) is 13.8 Å². The maximum atomic E-state index is 11.4. The summed E-state index contributed by atoms with van der Waals surface area (Å²) in [6.45, 7) is 4.24. The fourth-order valence-electron chi connectivity index (χ4n) is 0.766. The second kappa shape index (κ2) is 7.17. The minimum atomic E-state index is -0.510. The van der Waals surface area contributed by atoms with Gasteiger partial charge in [0.25, 0.3) is 5.17 Å². The van der Waals surface area contributed by atoms with Gasteiger partial charge in [-0.15, -0.1) is 0 Å². The van der Waals surface area contributed by atoms with E-state index >= 15 is 0 Å². The summed E-state index contributed by atoms with van der Waals surface area (Å²) < 4.78 is 9.78. The van der Waals surface area contributed by atoms with Gasteiger partial charge in [0, 0.05) is 14.1 Å². The average molecular weight is 232 g/mol. The van der Waals surface area contributed by atoms with E-state index in [2.05, 4.69) is 4.99 Å². The van der Waals surface area contributed by atoms with Crippen LogP contribution in [0.1, 0.15) is 13.8 Å². The number of rotatable bonds is 2. The zero-order chi connectivity index (χ0) is 11.8. The molecule has 0 N–H and O–H groups in total. The fourth-order valence-corrected chi connectivity index (χ4v) is 0.970. The lowest BCUT2D eigenvalue weighted by Crippen LogP contribution is -2.32. The van der Waals surface area contributed by atoms with Gasteiger partial charge in [-0.1, -0.05) is 0 Å². The second-order valence-electron chi connectivity index (χ2n) is 2.75. The number of likely N-dealkylation sites (N-methyl/N-ethyl adjacent to an activating group) is 1. The first kappa shape index (κ1) is 13.8. The fraction of sp³-hybridized carbons (Fsp3) is 0.667. The Kier molecular flexibility index (Phi) is 6.61. The van der Waals surface area contributed by atoms with E-state index in [1.165, 1.54) is 4.90 Å². The van der Waals surface area contributed by atoms with Gasteiger partial charge in [-0.2, -0.15) is 4.99 Å². The van der Waals surface area contributed by atoms with E-state index in [4.69, 9.17) is 21.7 Å². The Balaban J connectivity index is 4.65. The molecule has 0 saturated heterocycles. The largest absolute Gasteiger partial charge is 0.470 e. The van der Waals surface area contributed by atoms with E-state index in [0.717, 1.165) is 0 Å². The first-order valence-electron chi connectivity index (χ1n) is 4.62. The van der Waals surface area contributed by atoms with Crippen LogP contribution in [0.5, 0.6) is 0 Å². The smallest absolute Gasteiger partial charge is 0.374 e. The Bertz CT molecular complexity index is 264. The summed E-state index contributed by atoms with van der Waals surface area (Å²) in [6, 6.07) is 0. The number of esters is 1. The number of aliphatic imine (C=N–C) groups is 1. The Morgan fingerprint density at radius 1 is 1.27 bits per heavy atom. The molecule has 15 heavy (non-hydrogen) atoms. The molecule has 0 aromatic carbocycles. The molecular formula is C9H16N2O3S. The Morgan fingerprint density at radius 3 is 2.20 bits per heavy atom. The minimum Gasteiger partial charge on any atom is -0.470 e. The van der Waals surface area contributed by atoms with Crippen LogP contribution in [0.3, 0.4) is 0 Å². The normalized spacial score (nSPS) is 10.8. The molecule has 5 nitrogen and oxygen atoms in total. The zero-order valence-corrected chi connectivity index (χ0v) is 10.3. The molecule has 0 spiro atoms. The SMILES string of the molecule is CCOC(=O)/C(=N/C(=S)OCC)N(C)C. The van der Waals surface area contributed by atoms with Crippen LogP contribution in [0.4, 0.5) is 0 Å². The van der Waals surface area contributed by atoms with Crippen LogP contribution in [-0.2, 0) is 14.3 Å². The maximum absolute atomic E-state index is 11.4. The van der Waals surface area contributed by atoms with Crippen molar-refractivity contribution in [3.63, 3.8) is 0 Å². The molecule has 6 heteroatoms. The molecule has 0 atom stereocenters. The summed E-state index contributed by atoms with van der Waals surface area (Å²) in [4.78, 5) is 16.8. The molecule has 0 heterocycles. The Morgan fingerprint density at radius 2 is 1.80 bits per heavy atom. The van der Waals surface area contributed by atoms with Crippen molar-refractivity contribution in [3.8, 4) is 0 Å². The first-order chi connectivity index (χ1) is 7.02. The van der Waals surface area contributed by atoms with E-state index in [0.29, 0.717) is 13.2 Å². The van der Waals surface area contributed by atoms with Crippen LogP contribution in [-0.4, -0.2) is 49.2 Å². The molecule has 0 aliphatic heterocycles. The van der Waals surface area contributed by atoms with Gasteiger partial charge in [0.1, 0.15) is 0 Å². The number of thiocarbonyl (C=S) groups is 1. The molecule has 0 unspecified atom stereocenters. The van der Waals surface area contributed by atoms with Crippen molar-refractivity contribution < 1.29 is 14.3 Å². The predicted octanol–water partition coefficient (Wildman–Crippen LogP) is 0.831. The molecule has 0 amide bonds. The number of carbonyl (C=O) groups excluding carboxylic acids is 1. The van der Waals surface area contributed by atoms with Gasteiger partial charge in [-0.3, -0.25) is 0 Å². The van der Waals surface area contributed by atoms with Gasteiger partial charge in [-0.25, -0.2) is 4.79 Å². The van der Waals surface area contributed by atoms with Gasteiger partial charge < -0.3 is 14.4 Å². The molecule has 86 valence electrons. The topological polar surface area (TPSA) is 51.1 Å². The molecule has 0 aromatic heterocycles. The van der Waals surface area contributed by atoms with Crippen LogP contribution < -0.4 is 0 Å². The highest BCUT2D eigenvalue weighted by Crippen LogP contribution is 1.93. The van der Waals surface area contributed by atoms with Crippen LogP contribution in [0.15, 0.2) is 4.99 Å². The van der Waals surface area contributed by atoms with Crippen molar-refractivity contribution in [2.24, 2.45) is 4.99 Å². The summed E-state index contributed by atoms with van der Waals surface area (Å²) in [5, 5.41) is 0.0363. The van der Waals surface area contributed by atoms with Gasteiger partial charge in [0.2, 0.25) is 5.84 Å². The van der Waals surface area contributed by atoms with Crippen LogP contribution in [0.25, 0.3) is 0 Å². The average Bonchev–Trinajstić information content (AvgIpc) is 2.14. The lowest BCUT2D eigenvalue weighted by molar-refractivity contribution is -0.135. The van der Waals surface area contributed by atoms with E-state index in [1.807, 2.05) is 0 Å². The van der Waals surface area contributed by atoms with Gasteiger partial charge >= 0.3 is 5.97 Å². The number of hydrogen-bond donors (Lipinski definition) is 0. The number of ether oxygens (including phenoxy) is 2. The molecule has 0 saturated carbocycles. The number of carbonyl (C=O) groups is 1. The second-order valence-corrected chi connectivity index (χ2v) is 3.10. The molecular weight excluding hydrogens is 216 g/mol. The third-order valence-corrected chi connectivity index (χ3v) is 1.56. The number of amidine groups is 1. The minimum absolute atomic E-state index is 0.0363. The highest BCUT2D eigenvalue weighted by atomic mass is 32.1. The zero-order valence-electron chi connectivity index (χ0n) is 9.44. The standard InChI is InChI=1S/C9H16N2O3S/c1-5-13-8(12)7(11(3)4)10-9(15)14-6-2/h5-6H2,1-4H3/b10-7-. The number of hydrogen-bond acceptors (Lipinski definition) is 4. The van der Waals surface area contributed by atoms with E-state index in [-0.39, 0.29) is 11.0 Å². The molecule has 0 fully saturated rings. The summed E-state index contributed by atoms with van der Waals surface area (Å²) >= 11 is 4.81. The third-order valence-electron chi connectivity index (χ3n) is 1.35. The number of nitrogens with zero attached hydrogens (tertiary/aromatic N) is 2. The maximum Gasteiger partial charge on any atom is 0.374 e. The monoisotopic (exact) mass is 232 g/mol. The summed E-state index contributed by atoms with van der Waals surface area (Å²) in [5.41, 5.74) is 0. The van der Waals surface area contributed by atoms with Gasteiger partial charge in [-0.05, 0) is 26.1 Å². The van der Waals surface area contributed by atoms with Crippen molar-refractivity contribution in [1.29, 1.82) is 0 Å². The van der Waals surface area contributed by atoms with Crippen LogP contribution >= 0.6 is 12.2 Å². The van der Waals surface area contributed by atoms with Crippen molar-refractivity contribution in [1.82, 2.24) is 4.90 Å². The quantitative estimate of drug-likeness (QED) is 0.305. The van der Waals surface area contributed by atoms with E-state index < -0.39 is 5.97 Å². The van der Waals surface area contributed by atoms with Crippen molar-refractivity contribution >= 4 is 29.2 Å². The molecule has 0 aliphatic carbocycles.